The van der Waals surface area contributed by atoms with E-state index in [1.165, 1.54) is 23.1 Å². The van der Waals surface area contributed by atoms with E-state index in [-0.39, 0.29) is 18.1 Å². The van der Waals surface area contributed by atoms with Gasteiger partial charge in [-0.2, -0.15) is 0 Å². The molecule has 2 aromatic heterocycles. The summed E-state index contributed by atoms with van der Waals surface area (Å²) in [5.74, 6) is 1.72. The fourth-order valence-corrected chi connectivity index (χ4v) is 5.69. The summed E-state index contributed by atoms with van der Waals surface area (Å²) in [4.78, 5) is 21.8. The first-order chi connectivity index (χ1) is 16.1. The molecule has 1 aromatic carbocycles. The number of rotatable bonds is 6. The highest BCUT2D eigenvalue weighted by molar-refractivity contribution is 8.00. The number of nitrogens with zero attached hydrogens (tertiary/aromatic N) is 3. The lowest BCUT2D eigenvalue weighted by Gasteiger charge is -2.29. The molecule has 0 radical (unpaired) electrons. The number of thiazole rings is 1. The van der Waals surface area contributed by atoms with Gasteiger partial charge in [0.1, 0.15) is 33.9 Å². The van der Waals surface area contributed by atoms with Crippen molar-refractivity contribution in [3.8, 4) is 5.75 Å². The largest absolute Gasteiger partial charge is 0.494 e. The van der Waals surface area contributed by atoms with Crippen molar-refractivity contribution in [2.75, 3.05) is 24.8 Å². The fraction of sp³-hybridized carbons (Fsp3) is 0.364. The Morgan fingerprint density at radius 3 is 3.03 bits per heavy atom. The number of aromatic nitrogens is 2. The first-order valence-electron chi connectivity index (χ1n) is 10.6. The summed E-state index contributed by atoms with van der Waals surface area (Å²) in [6.07, 6.45) is 1.23. The number of benzene rings is 1. The molecule has 1 amide bonds. The molecule has 3 aromatic rings. The molecule has 4 heterocycles. The van der Waals surface area contributed by atoms with Crippen molar-refractivity contribution in [3.63, 3.8) is 0 Å². The van der Waals surface area contributed by atoms with Crippen LogP contribution >= 0.6 is 23.1 Å². The van der Waals surface area contributed by atoms with Crippen molar-refractivity contribution < 1.29 is 19.5 Å². The number of carbonyl (C=O) groups is 1. The lowest BCUT2D eigenvalue weighted by molar-refractivity contribution is -0.113. The van der Waals surface area contributed by atoms with Gasteiger partial charge < -0.3 is 25.3 Å². The van der Waals surface area contributed by atoms with Crippen molar-refractivity contribution >= 4 is 50.8 Å². The van der Waals surface area contributed by atoms with Gasteiger partial charge in [-0.3, -0.25) is 4.79 Å². The van der Waals surface area contributed by atoms with Gasteiger partial charge in [0.2, 0.25) is 5.91 Å². The number of ether oxygens (including phenoxy) is 2. The molecule has 5 rings (SSSR count). The molecule has 0 spiro atoms. The maximum atomic E-state index is 11.6. The SMILES string of the molecule is COc1cccc2sc(/C(=N\O)[C@@H]3CC[C@@H](NCc4ccc5c(n4)NC(=O)CS5)CO3)nc12. The van der Waals surface area contributed by atoms with Crippen LogP contribution in [-0.4, -0.2) is 58.4 Å². The number of pyridine rings is 1. The van der Waals surface area contributed by atoms with E-state index in [1.807, 2.05) is 30.3 Å². The van der Waals surface area contributed by atoms with Crippen molar-refractivity contribution in [1.82, 2.24) is 15.3 Å². The predicted molar refractivity (Wildman–Crippen MR) is 128 cm³/mol. The van der Waals surface area contributed by atoms with Gasteiger partial charge in [-0.15, -0.1) is 23.1 Å². The second-order valence-electron chi connectivity index (χ2n) is 7.77. The third-order valence-electron chi connectivity index (χ3n) is 5.61. The summed E-state index contributed by atoms with van der Waals surface area (Å²) in [7, 11) is 1.61. The van der Waals surface area contributed by atoms with Gasteiger partial charge in [0.25, 0.3) is 0 Å². The summed E-state index contributed by atoms with van der Waals surface area (Å²) < 4.78 is 12.4. The third-order valence-corrected chi connectivity index (χ3v) is 7.70. The van der Waals surface area contributed by atoms with Crippen LogP contribution in [0.1, 0.15) is 23.5 Å². The van der Waals surface area contributed by atoms with E-state index < -0.39 is 0 Å². The average Bonchev–Trinajstić information content (AvgIpc) is 3.27. The number of hydrogen-bond donors (Lipinski definition) is 3. The van der Waals surface area contributed by atoms with E-state index in [2.05, 4.69) is 25.8 Å². The highest BCUT2D eigenvalue weighted by Crippen LogP contribution is 2.32. The third kappa shape index (κ3) is 4.67. The number of methoxy groups -OCH3 is 1. The van der Waals surface area contributed by atoms with Crippen LogP contribution in [0, 0.1) is 0 Å². The minimum Gasteiger partial charge on any atom is -0.494 e. The molecule has 0 aliphatic carbocycles. The van der Waals surface area contributed by atoms with Gasteiger partial charge in [-0.05, 0) is 37.1 Å². The lowest BCUT2D eigenvalue weighted by atomic mass is 10.0. The molecule has 33 heavy (non-hydrogen) atoms. The van der Waals surface area contributed by atoms with Crippen LogP contribution in [0.3, 0.4) is 0 Å². The Morgan fingerprint density at radius 2 is 2.24 bits per heavy atom. The molecule has 2 aliphatic heterocycles. The molecular weight excluding hydrogens is 462 g/mol. The van der Waals surface area contributed by atoms with Gasteiger partial charge in [-0.25, -0.2) is 9.97 Å². The van der Waals surface area contributed by atoms with Crippen molar-refractivity contribution in [2.24, 2.45) is 5.16 Å². The summed E-state index contributed by atoms with van der Waals surface area (Å²) in [5.41, 5.74) is 2.06. The molecular formula is C22H23N5O4S2. The molecule has 1 saturated heterocycles. The molecule has 3 N–H and O–H groups in total. The summed E-state index contributed by atoms with van der Waals surface area (Å²) in [5, 5.41) is 20.2. The number of anilines is 1. The Balaban J connectivity index is 1.19. The number of para-hydroxylation sites is 1. The number of amides is 1. The van der Waals surface area contributed by atoms with Gasteiger partial charge in [0, 0.05) is 12.6 Å². The fourth-order valence-electron chi connectivity index (χ4n) is 3.92. The minimum absolute atomic E-state index is 0.0234. The zero-order valence-corrected chi connectivity index (χ0v) is 19.5. The van der Waals surface area contributed by atoms with Crippen LogP contribution in [-0.2, 0) is 16.1 Å². The van der Waals surface area contributed by atoms with Gasteiger partial charge in [0.05, 0.1) is 34.8 Å². The monoisotopic (exact) mass is 485 g/mol. The van der Waals surface area contributed by atoms with Crippen molar-refractivity contribution in [1.29, 1.82) is 0 Å². The molecule has 0 unspecified atom stereocenters. The Labute approximate surface area is 198 Å². The Bertz CT molecular complexity index is 1210. The van der Waals surface area contributed by atoms with E-state index in [4.69, 9.17) is 9.47 Å². The average molecular weight is 486 g/mol. The predicted octanol–water partition coefficient (Wildman–Crippen LogP) is 3.26. The normalized spacial score (nSPS) is 21.0. The smallest absolute Gasteiger partial charge is 0.235 e. The molecule has 172 valence electrons. The molecule has 2 aliphatic rings. The van der Waals surface area contributed by atoms with E-state index in [9.17, 15) is 10.0 Å². The van der Waals surface area contributed by atoms with Crippen LogP contribution < -0.4 is 15.4 Å². The van der Waals surface area contributed by atoms with Crippen LogP contribution in [0.5, 0.6) is 5.75 Å². The van der Waals surface area contributed by atoms with E-state index >= 15 is 0 Å². The second-order valence-corrected chi connectivity index (χ2v) is 9.82. The van der Waals surface area contributed by atoms with Crippen LogP contribution in [0.25, 0.3) is 10.2 Å². The highest BCUT2D eigenvalue weighted by atomic mass is 32.2. The van der Waals surface area contributed by atoms with Gasteiger partial charge in [-0.1, -0.05) is 11.2 Å². The Kier molecular flexibility index (Phi) is 6.45. The van der Waals surface area contributed by atoms with Crippen LogP contribution in [0.2, 0.25) is 0 Å². The van der Waals surface area contributed by atoms with Gasteiger partial charge >= 0.3 is 0 Å². The van der Waals surface area contributed by atoms with Crippen LogP contribution in [0.4, 0.5) is 5.82 Å². The van der Waals surface area contributed by atoms with E-state index in [0.717, 1.165) is 27.2 Å². The summed E-state index contributed by atoms with van der Waals surface area (Å²) in [6, 6.07) is 9.86. The van der Waals surface area contributed by atoms with Gasteiger partial charge in [0.15, 0.2) is 0 Å². The molecule has 0 bridgehead atoms. The number of fused-ring (bicyclic) bond motifs is 2. The topological polar surface area (TPSA) is 118 Å². The second kappa shape index (κ2) is 9.64. The molecule has 0 saturated carbocycles. The first kappa shape index (κ1) is 22.1. The number of carbonyl (C=O) groups excluding carboxylic acids is 1. The summed E-state index contributed by atoms with van der Waals surface area (Å²) >= 11 is 2.96. The molecule has 9 nitrogen and oxygen atoms in total. The van der Waals surface area contributed by atoms with Crippen molar-refractivity contribution in [2.45, 2.75) is 36.4 Å². The standard InChI is InChI=1S/C22H23N5O4S2/c1-30-14-3-2-4-16-19(14)26-22(33-16)20(27-29)15-7-5-13(10-31-15)23-9-12-6-8-17-21(24-12)25-18(28)11-32-17/h2-4,6,8,13,15,23,29H,5,7,9-11H2,1H3,(H,24,25,28)/b27-20-/t13-,15+/m1/s1. The molecule has 11 heteroatoms. The molecule has 2 atom stereocenters. The number of oxime groups is 1. The maximum Gasteiger partial charge on any atom is 0.235 e. The minimum atomic E-state index is -0.325. The zero-order chi connectivity index (χ0) is 22.8. The summed E-state index contributed by atoms with van der Waals surface area (Å²) in [6.45, 7) is 1.06. The zero-order valence-electron chi connectivity index (χ0n) is 17.9. The maximum absolute atomic E-state index is 11.6. The number of hydrogen-bond acceptors (Lipinski definition) is 10. The number of thioether (sulfide) groups is 1. The first-order valence-corrected chi connectivity index (χ1v) is 12.4. The highest BCUT2D eigenvalue weighted by Gasteiger charge is 2.29. The lowest BCUT2D eigenvalue weighted by Crippen LogP contribution is -2.42. The van der Waals surface area contributed by atoms with E-state index in [1.54, 1.807) is 7.11 Å². The quantitative estimate of drug-likeness (QED) is 0.277. The van der Waals surface area contributed by atoms with Crippen molar-refractivity contribution in [3.05, 3.63) is 41.0 Å². The van der Waals surface area contributed by atoms with E-state index in [0.29, 0.717) is 47.6 Å². The van der Waals surface area contributed by atoms with Crippen LogP contribution in [0.15, 0.2) is 40.4 Å². The Morgan fingerprint density at radius 1 is 1.33 bits per heavy atom. The Hall–Kier alpha value is -2.73. The molecule has 1 fully saturated rings. The number of nitrogens with one attached hydrogen (secondary N) is 2.